The number of nitrogens with one attached hydrogen (secondary N) is 1. The molecule has 0 spiro atoms. The van der Waals surface area contributed by atoms with Gasteiger partial charge in [-0.3, -0.25) is 21.2 Å². The molecule has 0 saturated heterocycles. The van der Waals surface area contributed by atoms with Crippen LogP contribution in [0.1, 0.15) is 29.9 Å². The molecule has 0 aliphatic rings. The number of hydrogen-bond donors (Lipinski definition) is 2. The van der Waals surface area contributed by atoms with Gasteiger partial charge in [-0.05, 0) is 30.2 Å². The predicted molar refractivity (Wildman–Crippen MR) is 71.6 cm³/mol. The molecule has 3 N–H and O–H groups in total. The van der Waals surface area contributed by atoms with E-state index in [2.05, 4.69) is 28.4 Å². The van der Waals surface area contributed by atoms with E-state index in [1.165, 1.54) is 5.56 Å². The molecule has 0 bridgehead atoms. The maximum Gasteiger partial charge on any atom is 0.0690 e. The number of aryl methyl sites for hydroxylation is 1. The van der Waals surface area contributed by atoms with E-state index < -0.39 is 0 Å². The van der Waals surface area contributed by atoms with Crippen LogP contribution in [0, 0.1) is 0 Å². The molecule has 2 rings (SSSR count). The minimum Gasteiger partial charge on any atom is -0.271 e. The van der Waals surface area contributed by atoms with E-state index in [0.717, 1.165) is 24.2 Å². The van der Waals surface area contributed by atoms with Gasteiger partial charge in [-0.1, -0.05) is 19.1 Å². The first-order chi connectivity index (χ1) is 8.85. The van der Waals surface area contributed by atoms with Gasteiger partial charge in [0.1, 0.15) is 0 Å². The average molecular weight is 242 g/mol. The average Bonchev–Trinajstić information content (AvgIpc) is 2.46. The second-order valence-corrected chi connectivity index (χ2v) is 4.15. The number of nitrogens with two attached hydrogens (primary N) is 1. The highest BCUT2D eigenvalue weighted by Crippen LogP contribution is 2.18. The number of hydrogen-bond acceptors (Lipinski definition) is 4. The summed E-state index contributed by atoms with van der Waals surface area (Å²) in [6.45, 7) is 2.12. The Morgan fingerprint density at radius 1 is 1.17 bits per heavy atom. The van der Waals surface area contributed by atoms with Crippen molar-refractivity contribution in [2.24, 2.45) is 5.84 Å². The van der Waals surface area contributed by atoms with Crippen LogP contribution >= 0.6 is 0 Å². The third kappa shape index (κ3) is 2.91. The second kappa shape index (κ2) is 6.23. The van der Waals surface area contributed by atoms with Crippen LogP contribution in [-0.2, 0) is 12.8 Å². The molecule has 0 aliphatic carbocycles. The maximum absolute atomic E-state index is 5.66. The molecule has 0 fully saturated rings. The molecule has 0 saturated carbocycles. The van der Waals surface area contributed by atoms with Gasteiger partial charge in [0.05, 0.1) is 11.7 Å². The van der Waals surface area contributed by atoms with Crippen LogP contribution in [0.15, 0.2) is 42.7 Å². The summed E-state index contributed by atoms with van der Waals surface area (Å²) in [5.74, 6) is 5.66. The summed E-state index contributed by atoms with van der Waals surface area (Å²) in [5.41, 5.74) is 6.07. The zero-order valence-corrected chi connectivity index (χ0v) is 10.5. The van der Waals surface area contributed by atoms with Gasteiger partial charge in [0, 0.05) is 24.5 Å². The number of nitrogens with zero attached hydrogens (tertiary/aromatic N) is 2. The van der Waals surface area contributed by atoms with Gasteiger partial charge >= 0.3 is 0 Å². The van der Waals surface area contributed by atoms with Crippen molar-refractivity contribution in [3.63, 3.8) is 0 Å². The zero-order valence-electron chi connectivity index (χ0n) is 10.5. The number of hydrazine groups is 1. The Labute approximate surface area is 107 Å². The fourth-order valence-electron chi connectivity index (χ4n) is 2.03. The summed E-state index contributed by atoms with van der Waals surface area (Å²) < 4.78 is 0. The molecule has 2 heterocycles. The van der Waals surface area contributed by atoms with E-state index in [-0.39, 0.29) is 6.04 Å². The molecular weight excluding hydrogens is 224 g/mol. The Morgan fingerprint density at radius 3 is 2.67 bits per heavy atom. The lowest BCUT2D eigenvalue weighted by Crippen LogP contribution is -2.31. The molecule has 1 atom stereocenters. The van der Waals surface area contributed by atoms with Crippen LogP contribution in [-0.4, -0.2) is 9.97 Å². The third-order valence-corrected chi connectivity index (χ3v) is 2.98. The maximum atomic E-state index is 5.66. The Bertz CT molecular complexity index is 484. The number of rotatable bonds is 5. The molecule has 1 unspecified atom stereocenters. The summed E-state index contributed by atoms with van der Waals surface area (Å²) >= 11 is 0. The van der Waals surface area contributed by atoms with Gasteiger partial charge < -0.3 is 0 Å². The minimum atomic E-state index is -0.00366. The van der Waals surface area contributed by atoms with Crippen molar-refractivity contribution < 1.29 is 0 Å². The van der Waals surface area contributed by atoms with Crippen molar-refractivity contribution in [2.45, 2.75) is 25.8 Å². The Kier molecular flexibility index (Phi) is 4.39. The highest BCUT2D eigenvalue weighted by Gasteiger charge is 2.15. The van der Waals surface area contributed by atoms with Crippen LogP contribution < -0.4 is 11.3 Å². The van der Waals surface area contributed by atoms with Crippen LogP contribution in [0.3, 0.4) is 0 Å². The monoisotopic (exact) mass is 242 g/mol. The van der Waals surface area contributed by atoms with Gasteiger partial charge in [0.15, 0.2) is 0 Å². The first-order valence-electron chi connectivity index (χ1n) is 6.15. The molecule has 4 heteroatoms. The highest BCUT2D eigenvalue weighted by molar-refractivity contribution is 5.24. The van der Waals surface area contributed by atoms with Crippen molar-refractivity contribution >= 4 is 0 Å². The topological polar surface area (TPSA) is 63.8 Å². The number of aromatic nitrogens is 2. The molecule has 0 radical (unpaired) electrons. The lowest BCUT2D eigenvalue weighted by molar-refractivity contribution is 0.528. The van der Waals surface area contributed by atoms with Crippen LogP contribution in [0.5, 0.6) is 0 Å². The Balaban J connectivity index is 2.23. The Morgan fingerprint density at radius 2 is 2.00 bits per heavy atom. The van der Waals surface area contributed by atoms with E-state index in [0.29, 0.717) is 0 Å². The highest BCUT2D eigenvalue weighted by atomic mass is 15.2. The third-order valence-electron chi connectivity index (χ3n) is 2.98. The molecule has 0 amide bonds. The van der Waals surface area contributed by atoms with Crippen molar-refractivity contribution in [2.75, 3.05) is 0 Å². The molecule has 0 aromatic carbocycles. The summed E-state index contributed by atoms with van der Waals surface area (Å²) in [5, 5.41) is 0. The summed E-state index contributed by atoms with van der Waals surface area (Å²) in [7, 11) is 0. The molecule has 2 aromatic rings. The fourth-order valence-corrected chi connectivity index (χ4v) is 2.03. The zero-order chi connectivity index (χ0) is 12.8. The van der Waals surface area contributed by atoms with E-state index in [1.807, 2.05) is 24.3 Å². The van der Waals surface area contributed by atoms with Gasteiger partial charge in [0.2, 0.25) is 0 Å². The molecule has 4 nitrogen and oxygen atoms in total. The fraction of sp³-hybridized carbons (Fsp3) is 0.286. The lowest BCUT2D eigenvalue weighted by atomic mass is 10.0. The molecular formula is C14H18N4. The van der Waals surface area contributed by atoms with Crippen molar-refractivity contribution in [1.29, 1.82) is 0 Å². The molecule has 2 aromatic heterocycles. The Hall–Kier alpha value is -1.78. The van der Waals surface area contributed by atoms with E-state index in [1.54, 1.807) is 12.4 Å². The van der Waals surface area contributed by atoms with Gasteiger partial charge in [-0.2, -0.15) is 0 Å². The van der Waals surface area contributed by atoms with Crippen molar-refractivity contribution in [1.82, 2.24) is 15.4 Å². The molecule has 18 heavy (non-hydrogen) atoms. The summed E-state index contributed by atoms with van der Waals surface area (Å²) in [6, 6.07) is 9.93. The van der Waals surface area contributed by atoms with E-state index in [4.69, 9.17) is 5.84 Å². The lowest BCUT2D eigenvalue weighted by Gasteiger charge is -2.17. The van der Waals surface area contributed by atoms with Crippen LogP contribution in [0.4, 0.5) is 0 Å². The van der Waals surface area contributed by atoms with Gasteiger partial charge in [-0.25, -0.2) is 0 Å². The van der Waals surface area contributed by atoms with Crippen LogP contribution in [0.2, 0.25) is 0 Å². The SMILES string of the molecule is CCc1cccnc1C(Cc1ccccn1)NN. The normalized spacial score (nSPS) is 12.3. The van der Waals surface area contributed by atoms with Gasteiger partial charge in [-0.15, -0.1) is 0 Å². The quantitative estimate of drug-likeness (QED) is 0.619. The molecule has 0 aliphatic heterocycles. The smallest absolute Gasteiger partial charge is 0.0690 e. The summed E-state index contributed by atoms with van der Waals surface area (Å²) in [4.78, 5) is 8.77. The van der Waals surface area contributed by atoms with E-state index in [9.17, 15) is 0 Å². The summed E-state index contributed by atoms with van der Waals surface area (Å²) in [6.07, 6.45) is 5.28. The number of pyridine rings is 2. The van der Waals surface area contributed by atoms with Crippen molar-refractivity contribution in [3.8, 4) is 0 Å². The van der Waals surface area contributed by atoms with E-state index >= 15 is 0 Å². The second-order valence-electron chi connectivity index (χ2n) is 4.15. The largest absolute Gasteiger partial charge is 0.271 e. The first kappa shape index (κ1) is 12.7. The first-order valence-corrected chi connectivity index (χ1v) is 6.15. The minimum absolute atomic E-state index is 0.00366. The standard InChI is InChI=1S/C14H18N4/c1-2-11-6-5-9-17-14(11)13(18-15)10-12-7-3-4-8-16-12/h3-9,13,18H,2,10,15H2,1H3. The predicted octanol–water partition coefficient (Wildman–Crippen LogP) is 1.79. The molecule has 94 valence electrons. The van der Waals surface area contributed by atoms with Crippen LogP contribution in [0.25, 0.3) is 0 Å². The van der Waals surface area contributed by atoms with Crippen molar-refractivity contribution in [3.05, 3.63) is 59.7 Å². The van der Waals surface area contributed by atoms with Gasteiger partial charge in [0.25, 0.3) is 0 Å².